The molecule has 1 fully saturated rings. The highest BCUT2D eigenvalue weighted by molar-refractivity contribution is 5.96. The van der Waals surface area contributed by atoms with Gasteiger partial charge in [0.1, 0.15) is 5.75 Å². The molecule has 138 valence electrons. The van der Waals surface area contributed by atoms with Gasteiger partial charge in [0.15, 0.2) is 5.70 Å². The summed E-state index contributed by atoms with van der Waals surface area (Å²) in [6, 6.07) is 3.07. The first-order valence-electron chi connectivity index (χ1n) is 7.75. The van der Waals surface area contributed by atoms with Crippen LogP contribution in [-0.2, 0) is 15.7 Å². The maximum atomic E-state index is 13.1. The zero-order valence-electron chi connectivity index (χ0n) is 13.7. The Kier molecular flexibility index (Phi) is 5.78. The molecule has 0 amide bonds. The molecule has 1 aliphatic carbocycles. The van der Waals surface area contributed by atoms with Crippen LogP contribution in [0.15, 0.2) is 23.9 Å². The van der Waals surface area contributed by atoms with E-state index in [0.29, 0.717) is 12.5 Å². The van der Waals surface area contributed by atoms with Crippen LogP contribution in [0.2, 0.25) is 0 Å². The summed E-state index contributed by atoms with van der Waals surface area (Å²) in [6.07, 6.45) is -2.59. The number of hydrogen-bond acceptors (Lipinski definition) is 6. The number of carbonyl (C=O) groups is 1. The number of nitrogens with two attached hydrogens (primary N) is 2. The van der Waals surface area contributed by atoms with Gasteiger partial charge >= 0.3 is 12.1 Å². The van der Waals surface area contributed by atoms with Gasteiger partial charge in [0.25, 0.3) is 0 Å². The van der Waals surface area contributed by atoms with E-state index in [9.17, 15) is 18.0 Å². The van der Waals surface area contributed by atoms with Crippen LogP contribution in [0.25, 0.3) is 5.70 Å². The molecule has 0 atom stereocenters. The number of rotatable bonds is 7. The molecule has 1 saturated carbocycles. The molecule has 9 heteroatoms. The summed E-state index contributed by atoms with van der Waals surface area (Å²) in [5, 5.41) is 0. The topological polar surface area (TPSA) is 99.6 Å². The van der Waals surface area contributed by atoms with E-state index in [-0.39, 0.29) is 29.3 Å². The lowest BCUT2D eigenvalue weighted by atomic mass is 10.1. The third-order valence-electron chi connectivity index (χ3n) is 3.62. The molecule has 0 aromatic heterocycles. The zero-order valence-corrected chi connectivity index (χ0v) is 13.7. The third kappa shape index (κ3) is 5.02. The van der Waals surface area contributed by atoms with E-state index < -0.39 is 17.7 Å². The molecule has 0 unspecified atom stereocenters. The third-order valence-corrected chi connectivity index (χ3v) is 3.62. The van der Waals surface area contributed by atoms with Crippen molar-refractivity contribution in [2.75, 3.05) is 13.2 Å². The van der Waals surface area contributed by atoms with Crippen molar-refractivity contribution in [2.24, 2.45) is 17.5 Å². The minimum atomic E-state index is -4.59. The summed E-state index contributed by atoms with van der Waals surface area (Å²) in [6.45, 7) is 1.98. The van der Waals surface area contributed by atoms with Gasteiger partial charge in [0, 0.05) is 5.56 Å². The van der Waals surface area contributed by atoms with Crippen LogP contribution < -0.4 is 21.7 Å². The van der Waals surface area contributed by atoms with Crippen molar-refractivity contribution in [2.45, 2.75) is 25.9 Å². The van der Waals surface area contributed by atoms with E-state index in [0.717, 1.165) is 25.0 Å². The van der Waals surface area contributed by atoms with E-state index in [1.807, 2.05) is 0 Å². The standard InChI is InChI=1S/C16H20F3N3O3/c1-2-24-15(23)14(22-21)13(20)10-5-11(16(17,18)19)7-12(6-10)25-8-9-3-4-9/h5-7,9,22H,2-4,8,20-21H2,1H3/b14-13-. The maximum Gasteiger partial charge on any atom is 0.416 e. The monoisotopic (exact) mass is 359 g/mol. The lowest BCUT2D eigenvalue weighted by Crippen LogP contribution is -2.31. The quantitative estimate of drug-likeness (QED) is 0.299. The highest BCUT2D eigenvalue weighted by Crippen LogP contribution is 2.35. The number of carbonyl (C=O) groups excluding carboxylic acids is 1. The summed E-state index contributed by atoms with van der Waals surface area (Å²) < 4.78 is 49.6. The number of alkyl halides is 3. The lowest BCUT2D eigenvalue weighted by Gasteiger charge is -2.15. The highest BCUT2D eigenvalue weighted by atomic mass is 19.4. The number of ether oxygens (including phenoxy) is 2. The highest BCUT2D eigenvalue weighted by Gasteiger charge is 2.32. The van der Waals surface area contributed by atoms with E-state index in [1.54, 1.807) is 6.92 Å². The van der Waals surface area contributed by atoms with Crippen molar-refractivity contribution >= 4 is 11.7 Å². The van der Waals surface area contributed by atoms with Gasteiger partial charge in [-0.05, 0) is 43.9 Å². The Morgan fingerprint density at radius 1 is 1.32 bits per heavy atom. The predicted molar refractivity (Wildman–Crippen MR) is 84.7 cm³/mol. The van der Waals surface area contributed by atoms with Crippen molar-refractivity contribution < 1.29 is 27.4 Å². The molecule has 0 heterocycles. The van der Waals surface area contributed by atoms with Crippen LogP contribution in [0.1, 0.15) is 30.9 Å². The Hall–Kier alpha value is -2.42. The molecule has 5 N–H and O–H groups in total. The van der Waals surface area contributed by atoms with E-state index >= 15 is 0 Å². The van der Waals surface area contributed by atoms with E-state index in [4.69, 9.17) is 21.1 Å². The number of benzene rings is 1. The van der Waals surface area contributed by atoms with Gasteiger partial charge < -0.3 is 20.6 Å². The average molecular weight is 359 g/mol. The molecule has 2 rings (SSSR count). The van der Waals surface area contributed by atoms with Crippen molar-refractivity contribution in [3.05, 3.63) is 35.0 Å². The first-order chi connectivity index (χ1) is 11.8. The average Bonchev–Trinajstić information content (AvgIpc) is 3.37. The number of halogens is 3. The van der Waals surface area contributed by atoms with Crippen LogP contribution in [-0.4, -0.2) is 19.2 Å². The molecule has 0 saturated heterocycles. The minimum Gasteiger partial charge on any atom is -0.493 e. The van der Waals surface area contributed by atoms with Gasteiger partial charge in [-0.25, -0.2) is 4.79 Å². The summed E-state index contributed by atoms with van der Waals surface area (Å²) >= 11 is 0. The Morgan fingerprint density at radius 3 is 2.52 bits per heavy atom. The molecule has 0 radical (unpaired) electrons. The molecule has 25 heavy (non-hydrogen) atoms. The van der Waals surface area contributed by atoms with E-state index in [1.165, 1.54) is 6.07 Å². The van der Waals surface area contributed by atoms with Crippen LogP contribution in [0.4, 0.5) is 13.2 Å². The number of hydrazine groups is 1. The van der Waals surface area contributed by atoms with Crippen molar-refractivity contribution in [1.82, 2.24) is 5.43 Å². The minimum absolute atomic E-state index is 0.0277. The maximum absolute atomic E-state index is 13.1. The Labute approximate surface area is 142 Å². The molecule has 1 aliphatic rings. The molecular formula is C16H20F3N3O3. The first-order valence-corrected chi connectivity index (χ1v) is 7.75. The summed E-state index contributed by atoms with van der Waals surface area (Å²) in [7, 11) is 0. The smallest absolute Gasteiger partial charge is 0.416 e. The molecular weight excluding hydrogens is 339 g/mol. The largest absolute Gasteiger partial charge is 0.493 e. The second-order valence-corrected chi connectivity index (χ2v) is 5.65. The predicted octanol–water partition coefficient (Wildman–Crippen LogP) is 2.15. The number of hydrogen-bond donors (Lipinski definition) is 3. The number of esters is 1. The van der Waals surface area contributed by atoms with Gasteiger partial charge in [-0.2, -0.15) is 13.2 Å². The fraction of sp³-hybridized carbons (Fsp3) is 0.438. The van der Waals surface area contributed by atoms with Gasteiger partial charge in [0.05, 0.1) is 24.5 Å². The molecule has 0 aliphatic heterocycles. The first kappa shape index (κ1) is 18.9. The molecule has 6 nitrogen and oxygen atoms in total. The van der Waals surface area contributed by atoms with Crippen molar-refractivity contribution in [1.29, 1.82) is 0 Å². The van der Waals surface area contributed by atoms with Crippen LogP contribution in [0.5, 0.6) is 5.75 Å². The van der Waals surface area contributed by atoms with Crippen molar-refractivity contribution in [3.8, 4) is 5.75 Å². The Morgan fingerprint density at radius 2 is 2.00 bits per heavy atom. The SMILES string of the molecule is CCOC(=O)/C(NN)=C(/N)c1cc(OCC2CC2)cc(C(F)(F)F)c1. The Bertz CT molecular complexity index is 670. The Balaban J connectivity index is 2.42. The summed E-state index contributed by atoms with van der Waals surface area (Å²) in [5.41, 5.74) is 6.37. The molecule has 1 aromatic carbocycles. The van der Waals surface area contributed by atoms with Gasteiger partial charge in [-0.15, -0.1) is 0 Å². The fourth-order valence-corrected chi connectivity index (χ4v) is 2.09. The fourth-order valence-electron chi connectivity index (χ4n) is 2.09. The van der Waals surface area contributed by atoms with Gasteiger partial charge in [0.2, 0.25) is 0 Å². The lowest BCUT2D eigenvalue weighted by molar-refractivity contribution is -0.139. The van der Waals surface area contributed by atoms with Crippen LogP contribution >= 0.6 is 0 Å². The van der Waals surface area contributed by atoms with Crippen LogP contribution in [0.3, 0.4) is 0 Å². The van der Waals surface area contributed by atoms with Gasteiger partial charge in [-0.1, -0.05) is 0 Å². The molecule has 0 bridgehead atoms. The van der Waals surface area contributed by atoms with Gasteiger partial charge in [-0.3, -0.25) is 5.84 Å². The molecule has 0 spiro atoms. The number of nitrogens with one attached hydrogen (secondary N) is 1. The van der Waals surface area contributed by atoms with E-state index in [2.05, 4.69) is 5.43 Å². The second kappa shape index (κ2) is 7.64. The molecule has 1 aromatic rings. The second-order valence-electron chi connectivity index (χ2n) is 5.65. The summed E-state index contributed by atoms with van der Waals surface area (Å²) in [5.74, 6) is 4.80. The summed E-state index contributed by atoms with van der Waals surface area (Å²) in [4.78, 5) is 11.8. The van der Waals surface area contributed by atoms with Crippen molar-refractivity contribution in [3.63, 3.8) is 0 Å². The zero-order chi connectivity index (χ0) is 18.6. The van der Waals surface area contributed by atoms with Crippen LogP contribution in [0, 0.1) is 5.92 Å². The normalized spacial score (nSPS) is 15.4.